The summed E-state index contributed by atoms with van der Waals surface area (Å²) in [6, 6.07) is 25.5. The minimum Gasteiger partial charge on any atom is -0.497 e. The van der Waals surface area contributed by atoms with Gasteiger partial charge in [-0.05, 0) is 42.5 Å². The average Bonchev–Trinajstić information content (AvgIpc) is 3.01. The van der Waals surface area contributed by atoms with Crippen molar-refractivity contribution in [2.75, 3.05) is 36.3 Å². The number of thiol groups is 1. The van der Waals surface area contributed by atoms with Gasteiger partial charge in [0.25, 0.3) is 5.91 Å². The lowest BCUT2D eigenvalue weighted by atomic mass is 10.2. The first-order chi connectivity index (χ1) is 20.4. The minimum absolute atomic E-state index is 0.0276. The number of aromatic nitrogens is 2. The van der Waals surface area contributed by atoms with Crippen molar-refractivity contribution in [1.82, 2.24) is 9.97 Å². The fourth-order valence-electron chi connectivity index (χ4n) is 4.28. The third kappa shape index (κ3) is 6.03. The topological polar surface area (TPSA) is 132 Å². The Balaban J connectivity index is 1.57. The summed E-state index contributed by atoms with van der Waals surface area (Å²) in [5.41, 5.74) is 2.51. The average molecular weight is 586 g/mol. The van der Waals surface area contributed by atoms with Crippen LogP contribution in [0.4, 0.5) is 28.7 Å². The first kappa shape index (κ1) is 28.2. The predicted octanol–water partition coefficient (Wildman–Crippen LogP) is 5.32. The summed E-state index contributed by atoms with van der Waals surface area (Å²) in [7, 11) is 1.28. The molecule has 5 aromatic rings. The van der Waals surface area contributed by atoms with Gasteiger partial charge in [0.05, 0.1) is 43.6 Å². The van der Waals surface area contributed by atoms with Crippen molar-refractivity contribution >= 4 is 56.5 Å². The number of ether oxygens (including phenoxy) is 3. The molecule has 5 rings (SSSR count). The van der Waals surface area contributed by atoms with Crippen LogP contribution in [0.3, 0.4) is 0 Å². The molecule has 0 aliphatic rings. The Hall–Kier alpha value is -5.36. The van der Waals surface area contributed by atoms with E-state index < -0.39 is 16.8 Å². The number of nitrogens with one attached hydrogen (secondary N) is 2. The van der Waals surface area contributed by atoms with Crippen LogP contribution in [-0.4, -0.2) is 45.6 Å². The summed E-state index contributed by atoms with van der Waals surface area (Å²) in [4.78, 5) is 22.4. The zero-order valence-corrected chi connectivity index (χ0v) is 23.8. The van der Waals surface area contributed by atoms with Crippen molar-refractivity contribution in [3.8, 4) is 17.2 Å². The smallest absolute Gasteiger partial charge is 0.259 e. The molecular formula is C30H27N5O6S. The van der Waals surface area contributed by atoms with E-state index in [1.807, 2.05) is 6.07 Å². The Kier molecular flexibility index (Phi) is 8.34. The molecule has 0 radical (unpaired) electrons. The predicted molar refractivity (Wildman–Crippen MR) is 162 cm³/mol. The molecule has 0 aliphatic heterocycles. The van der Waals surface area contributed by atoms with Crippen LogP contribution in [-0.2, 0) is 10.9 Å². The Morgan fingerprint density at radius 2 is 1.40 bits per heavy atom. The molecule has 214 valence electrons. The lowest BCUT2D eigenvalue weighted by molar-refractivity contribution is 0.102. The van der Waals surface area contributed by atoms with Gasteiger partial charge in [-0.15, -0.1) is 0 Å². The quantitative estimate of drug-likeness (QED) is 0.186. The molecule has 12 heteroatoms. The lowest BCUT2D eigenvalue weighted by Gasteiger charge is -2.21. The number of fused-ring (bicyclic) bond motifs is 1. The van der Waals surface area contributed by atoms with Crippen molar-refractivity contribution in [3.05, 3.63) is 96.6 Å². The first-order valence-electron chi connectivity index (χ1n) is 12.7. The molecule has 1 amide bonds. The summed E-state index contributed by atoms with van der Waals surface area (Å²) in [5, 5.41) is 5.98. The molecule has 1 aromatic heterocycles. The largest absolute Gasteiger partial charge is 0.497 e. The highest BCUT2D eigenvalue weighted by atomic mass is 32.2. The maximum atomic E-state index is 13.0. The number of carbonyl (C=O) groups excluding carboxylic acids is 1. The second-order valence-electron chi connectivity index (χ2n) is 8.87. The minimum atomic E-state index is -3.26. The van der Waals surface area contributed by atoms with E-state index in [2.05, 4.69) is 15.6 Å². The van der Waals surface area contributed by atoms with E-state index in [1.54, 1.807) is 78.9 Å². The Morgan fingerprint density at radius 1 is 0.738 bits per heavy atom. The molecule has 1 heterocycles. The monoisotopic (exact) mass is 585 g/mol. The molecule has 0 saturated heterocycles. The van der Waals surface area contributed by atoms with Crippen LogP contribution in [0.2, 0.25) is 0 Å². The van der Waals surface area contributed by atoms with Crippen LogP contribution in [0.15, 0.2) is 91.0 Å². The van der Waals surface area contributed by atoms with Gasteiger partial charge in [-0.2, -0.15) is 0 Å². The highest BCUT2D eigenvalue weighted by molar-refractivity contribution is 7.74. The Bertz CT molecular complexity index is 1810. The maximum absolute atomic E-state index is 13.0. The number of anilines is 5. The highest BCUT2D eigenvalue weighted by Gasteiger charge is 2.22. The van der Waals surface area contributed by atoms with E-state index in [9.17, 15) is 13.2 Å². The van der Waals surface area contributed by atoms with Gasteiger partial charge in [-0.3, -0.25) is 4.79 Å². The van der Waals surface area contributed by atoms with Gasteiger partial charge >= 0.3 is 0 Å². The van der Waals surface area contributed by atoms with Crippen molar-refractivity contribution in [2.45, 2.75) is 0 Å². The molecule has 4 aromatic carbocycles. The van der Waals surface area contributed by atoms with Crippen molar-refractivity contribution in [1.29, 1.82) is 0 Å². The van der Waals surface area contributed by atoms with Crippen molar-refractivity contribution in [2.24, 2.45) is 0 Å². The standard InChI is InChI=1S/C30H27N5O6S/c1-39-22-16-20(17-23(18-22)40-2)31-28-29(34-26-13-6-5-12-25(26)33-28)35(42(37)38)21-10-8-9-19(15-21)32-30(36)24-11-4-7-14-27(24)41-3/h4-18,42H,1-3H3,(H,31,33)(H,32,36). The number of hydrogen-bond donors (Lipinski definition) is 3. The molecule has 0 fully saturated rings. The molecule has 0 saturated carbocycles. The molecule has 0 spiro atoms. The molecule has 42 heavy (non-hydrogen) atoms. The summed E-state index contributed by atoms with van der Waals surface area (Å²) in [6.45, 7) is 0. The second-order valence-corrected chi connectivity index (χ2v) is 9.74. The summed E-state index contributed by atoms with van der Waals surface area (Å²) in [5.74, 6) is 1.25. The van der Waals surface area contributed by atoms with Gasteiger partial charge in [-0.1, -0.05) is 30.3 Å². The third-order valence-corrected chi connectivity index (χ3v) is 6.98. The van der Waals surface area contributed by atoms with E-state index in [1.165, 1.54) is 27.4 Å². The van der Waals surface area contributed by atoms with E-state index >= 15 is 0 Å². The molecule has 0 atom stereocenters. The van der Waals surface area contributed by atoms with Crippen LogP contribution < -0.4 is 29.1 Å². The van der Waals surface area contributed by atoms with E-state index in [-0.39, 0.29) is 17.3 Å². The number of methoxy groups -OCH3 is 3. The normalized spacial score (nSPS) is 10.8. The summed E-state index contributed by atoms with van der Waals surface area (Å²) < 4.78 is 42.7. The SMILES string of the molecule is COc1cc(Nc2nc3ccccc3nc2N(c2cccc(NC(=O)c3ccccc3OC)c2)[SH](=O)=O)cc(OC)c1. The van der Waals surface area contributed by atoms with Crippen LogP contribution in [0.5, 0.6) is 17.2 Å². The second kappa shape index (κ2) is 12.4. The first-order valence-corrected chi connectivity index (χ1v) is 13.8. The zero-order chi connectivity index (χ0) is 29.6. The molecule has 0 bridgehead atoms. The van der Waals surface area contributed by atoms with E-state index in [0.717, 1.165) is 4.31 Å². The third-order valence-electron chi connectivity index (χ3n) is 6.23. The van der Waals surface area contributed by atoms with Gasteiger partial charge in [0.1, 0.15) is 17.2 Å². The number of hydrogen-bond acceptors (Lipinski definition) is 9. The molecular weight excluding hydrogens is 558 g/mol. The molecule has 0 unspecified atom stereocenters. The molecule has 11 nitrogen and oxygen atoms in total. The van der Waals surface area contributed by atoms with Gasteiger partial charge < -0.3 is 24.8 Å². The van der Waals surface area contributed by atoms with Gasteiger partial charge in [0.15, 0.2) is 11.6 Å². The number of amides is 1. The van der Waals surface area contributed by atoms with Crippen molar-refractivity contribution < 1.29 is 27.4 Å². The van der Waals surface area contributed by atoms with Crippen molar-refractivity contribution in [3.63, 3.8) is 0 Å². The van der Waals surface area contributed by atoms with Gasteiger partial charge in [-0.25, -0.2) is 22.7 Å². The van der Waals surface area contributed by atoms with Gasteiger partial charge in [0, 0.05) is 29.6 Å². The number of carbonyl (C=O) groups is 1. The molecule has 2 N–H and O–H groups in total. The highest BCUT2D eigenvalue weighted by Crippen LogP contribution is 2.36. The fourth-order valence-corrected chi connectivity index (χ4v) is 4.89. The summed E-state index contributed by atoms with van der Waals surface area (Å²) in [6.07, 6.45) is 0. The fraction of sp³-hybridized carbons (Fsp3) is 0.100. The number of para-hydroxylation sites is 3. The molecule has 0 aliphatic carbocycles. The van der Waals surface area contributed by atoms with Gasteiger partial charge in [0.2, 0.25) is 10.9 Å². The Morgan fingerprint density at radius 3 is 2.07 bits per heavy atom. The number of rotatable bonds is 10. The van der Waals surface area contributed by atoms with E-state index in [4.69, 9.17) is 19.2 Å². The Labute approximate surface area is 243 Å². The van der Waals surface area contributed by atoms with Crippen LogP contribution in [0.1, 0.15) is 10.4 Å². The summed E-state index contributed by atoms with van der Waals surface area (Å²) >= 11 is 0. The maximum Gasteiger partial charge on any atom is 0.259 e. The van der Waals surface area contributed by atoms with Crippen LogP contribution >= 0.6 is 0 Å². The number of benzene rings is 4. The zero-order valence-electron chi connectivity index (χ0n) is 22.9. The van der Waals surface area contributed by atoms with Crippen LogP contribution in [0, 0.1) is 0 Å². The lowest BCUT2D eigenvalue weighted by Crippen LogP contribution is -2.19. The van der Waals surface area contributed by atoms with E-state index in [0.29, 0.717) is 45.2 Å². The number of nitrogens with zero attached hydrogens (tertiary/aromatic N) is 3. The van der Waals surface area contributed by atoms with Crippen LogP contribution in [0.25, 0.3) is 11.0 Å².